The Balaban J connectivity index is 1.68. The second-order valence-electron chi connectivity index (χ2n) is 6.02. The molecule has 3 aromatic carbocycles. The monoisotopic (exact) mass is 406 g/mol. The van der Waals surface area contributed by atoms with Crippen LogP contribution in [0.25, 0.3) is 0 Å². The van der Waals surface area contributed by atoms with E-state index in [1.54, 1.807) is 0 Å². The maximum Gasteiger partial charge on any atom is 0.343 e. The van der Waals surface area contributed by atoms with Crippen LogP contribution in [0, 0.1) is 0 Å². The summed E-state index contributed by atoms with van der Waals surface area (Å²) >= 11 is 0. The van der Waals surface area contributed by atoms with Gasteiger partial charge in [0.15, 0.2) is 0 Å². The van der Waals surface area contributed by atoms with Crippen LogP contribution in [0.5, 0.6) is 11.5 Å². The Labute approximate surface area is 169 Å². The molecule has 8 heteroatoms. The van der Waals surface area contributed by atoms with Crippen LogP contribution in [0.4, 0.5) is 0 Å². The van der Waals surface area contributed by atoms with Crippen molar-refractivity contribution in [1.82, 2.24) is 0 Å². The van der Waals surface area contributed by atoms with Crippen molar-refractivity contribution in [2.45, 2.75) is 0 Å². The summed E-state index contributed by atoms with van der Waals surface area (Å²) in [6.45, 7) is 0. The fraction of sp³-hybridized carbons (Fsp3) is 0. The van der Waals surface area contributed by atoms with E-state index < -0.39 is 23.9 Å². The van der Waals surface area contributed by atoms with E-state index in [2.05, 4.69) is 0 Å². The Morgan fingerprint density at radius 3 is 1.23 bits per heavy atom. The third-order valence-electron chi connectivity index (χ3n) is 3.94. The molecule has 0 fully saturated rings. The highest BCUT2D eigenvalue weighted by atomic mass is 16.5. The molecular formula is C22H14O8. The van der Waals surface area contributed by atoms with E-state index in [-0.39, 0.29) is 33.8 Å². The maximum absolute atomic E-state index is 12.2. The van der Waals surface area contributed by atoms with E-state index in [1.165, 1.54) is 72.8 Å². The fourth-order valence-electron chi connectivity index (χ4n) is 2.46. The molecule has 3 aromatic rings. The average molecular weight is 406 g/mol. The minimum absolute atomic E-state index is 0.0228. The van der Waals surface area contributed by atoms with Crippen molar-refractivity contribution in [2.75, 3.05) is 0 Å². The van der Waals surface area contributed by atoms with E-state index >= 15 is 0 Å². The maximum atomic E-state index is 12.2. The van der Waals surface area contributed by atoms with Crippen molar-refractivity contribution in [3.8, 4) is 11.5 Å². The average Bonchev–Trinajstić information content (AvgIpc) is 2.74. The van der Waals surface area contributed by atoms with Crippen molar-refractivity contribution in [1.29, 1.82) is 0 Å². The summed E-state index contributed by atoms with van der Waals surface area (Å²) in [5, 5.41) is 18.0. The van der Waals surface area contributed by atoms with Gasteiger partial charge in [0.2, 0.25) is 0 Å². The van der Waals surface area contributed by atoms with Crippen LogP contribution in [0.15, 0.2) is 72.8 Å². The molecule has 0 radical (unpaired) electrons. The van der Waals surface area contributed by atoms with Crippen LogP contribution in [0.3, 0.4) is 0 Å². The van der Waals surface area contributed by atoms with Crippen molar-refractivity contribution < 1.29 is 38.9 Å². The van der Waals surface area contributed by atoms with Gasteiger partial charge in [0, 0.05) is 0 Å². The van der Waals surface area contributed by atoms with Gasteiger partial charge in [-0.3, -0.25) is 0 Å². The predicted octanol–water partition coefficient (Wildman–Crippen LogP) is 3.52. The molecule has 0 atom stereocenters. The number of hydrogen-bond acceptors (Lipinski definition) is 6. The standard InChI is InChI=1S/C22H14O8/c23-19(24)15-3-1-5-17(11-15)29-21(27)13-7-9-14(10-8-13)22(28)30-18-6-2-4-16(12-18)20(25)26/h1-12H,(H,23,24)(H,25,26). The van der Waals surface area contributed by atoms with Crippen LogP contribution in [0.1, 0.15) is 41.4 Å². The van der Waals surface area contributed by atoms with Crippen LogP contribution < -0.4 is 9.47 Å². The highest BCUT2D eigenvalue weighted by molar-refractivity contribution is 5.95. The lowest BCUT2D eigenvalue weighted by molar-refractivity contribution is 0.0683. The number of carboxylic acids is 2. The molecular weight excluding hydrogens is 392 g/mol. The lowest BCUT2D eigenvalue weighted by Gasteiger charge is -2.07. The second-order valence-corrected chi connectivity index (χ2v) is 6.02. The van der Waals surface area contributed by atoms with E-state index in [0.29, 0.717) is 0 Å². The molecule has 2 N–H and O–H groups in total. The van der Waals surface area contributed by atoms with Gasteiger partial charge in [-0.05, 0) is 60.7 Å². The van der Waals surface area contributed by atoms with Gasteiger partial charge in [-0.2, -0.15) is 0 Å². The molecule has 0 aliphatic rings. The Hall–Kier alpha value is -4.46. The fourth-order valence-corrected chi connectivity index (χ4v) is 2.46. The van der Waals surface area contributed by atoms with Gasteiger partial charge in [0.05, 0.1) is 22.3 Å². The minimum atomic E-state index is -1.15. The lowest BCUT2D eigenvalue weighted by atomic mass is 10.1. The van der Waals surface area contributed by atoms with E-state index in [1.807, 2.05) is 0 Å². The summed E-state index contributed by atoms with van der Waals surface area (Å²) in [5.74, 6) is -3.61. The number of carboxylic acid groups (broad SMARTS) is 2. The molecule has 0 spiro atoms. The largest absolute Gasteiger partial charge is 0.478 e. The first-order chi connectivity index (χ1) is 14.3. The highest BCUT2D eigenvalue weighted by Gasteiger charge is 2.14. The predicted molar refractivity (Wildman–Crippen MR) is 103 cm³/mol. The zero-order chi connectivity index (χ0) is 21.7. The second kappa shape index (κ2) is 8.70. The molecule has 0 amide bonds. The Bertz CT molecular complexity index is 1040. The first-order valence-electron chi connectivity index (χ1n) is 8.54. The number of ether oxygens (including phenoxy) is 2. The molecule has 0 bridgehead atoms. The number of esters is 2. The minimum Gasteiger partial charge on any atom is -0.478 e. The van der Waals surface area contributed by atoms with Crippen LogP contribution >= 0.6 is 0 Å². The molecule has 0 aliphatic carbocycles. The van der Waals surface area contributed by atoms with Crippen LogP contribution in [-0.2, 0) is 0 Å². The van der Waals surface area contributed by atoms with Crippen molar-refractivity contribution >= 4 is 23.9 Å². The Kier molecular flexibility index (Phi) is 5.88. The number of hydrogen-bond donors (Lipinski definition) is 2. The smallest absolute Gasteiger partial charge is 0.343 e. The Morgan fingerprint density at radius 2 is 0.900 bits per heavy atom. The number of benzene rings is 3. The summed E-state index contributed by atoms with van der Waals surface area (Å²) in [6.07, 6.45) is 0. The topological polar surface area (TPSA) is 127 Å². The Morgan fingerprint density at radius 1 is 0.533 bits per heavy atom. The number of carbonyl (C=O) groups excluding carboxylic acids is 2. The zero-order valence-corrected chi connectivity index (χ0v) is 15.3. The zero-order valence-electron chi connectivity index (χ0n) is 15.3. The summed E-state index contributed by atoms with van der Waals surface area (Å²) < 4.78 is 10.3. The molecule has 0 saturated heterocycles. The molecule has 30 heavy (non-hydrogen) atoms. The molecule has 3 rings (SSSR count). The van der Waals surface area contributed by atoms with Gasteiger partial charge in [-0.15, -0.1) is 0 Å². The highest BCUT2D eigenvalue weighted by Crippen LogP contribution is 2.18. The van der Waals surface area contributed by atoms with Gasteiger partial charge in [-0.1, -0.05) is 12.1 Å². The van der Waals surface area contributed by atoms with E-state index in [9.17, 15) is 19.2 Å². The molecule has 0 unspecified atom stereocenters. The number of carbonyl (C=O) groups is 4. The quantitative estimate of drug-likeness (QED) is 0.470. The van der Waals surface area contributed by atoms with Gasteiger partial charge in [0.1, 0.15) is 11.5 Å². The van der Waals surface area contributed by atoms with E-state index in [0.717, 1.165) is 0 Å². The SMILES string of the molecule is O=C(O)c1cccc(OC(=O)c2ccc(C(=O)Oc3cccc(C(=O)O)c3)cc2)c1. The third kappa shape index (κ3) is 4.87. The molecule has 8 nitrogen and oxygen atoms in total. The van der Waals surface area contributed by atoms with Crippen molar-refractivity contribution in [2.24, 2.45) is 0 Å². The van der Waals surface area contributed by atoms with Gasteiger partial charge < -0.3 is 19.7 Å². The van der Waals surface area contributed by atoms with Gasteiger partial charge in [0.25, 0.3) is 0 Å². The molecule has 0 heterocycles. The van der Waals surface area contributed by atoms with Crippen LogP contribution in [-0.4, -0.2) is 34.1 Å². The van der Waals surface area contributed by atoms with Gasteiger partial charge >= 0.3 is 23.9 Å². The first-order valence-corrected chi connectivity index (χ1v) is 8.54. The molecule has 0 aliphatic heterocycles. The summed E-state index contributed by atoms with van der Waals surface area (Å²) in [6, 6.07) is 16.4. The number of aromatic carboxylic acids is 2. The molecule has 0 aromatic heterocycles. The van der Waals surface area contributed by atoms with Crippen LogP contribution in [0.2, 0.25) is 0 Å². The molecule has 150 valence electrons. The van der Waals surface area contributed by atoms with E-state index in [4.69, 9.17) is 19.7 Å². The summed E-state index contributed by atoms with van der Waals surface area (Å²) in [5.41, 5.74) is 0.232. The first kappa shape index (κ1) is 20.3. The summed E-state index contributed by atoms with van der Waals surface area (Å²) in [4.78, 5) is 46.4. The molecule has 0 saturated carbocycles. The number of rotatable bonds is 6. The van der Waals surface area contributed by atoms with Crippen molar-refractivity contribution in [3.63, 3.8) is 0 Å². The van der Waals surface area contributed by atoms with Crippen molar-refractivity contribution in [3.05, 3.63) is 95.1 Å². The normalized spacial score (nSPS) is 10.1. The van der Waals surface area contributed by atoms with Gasteiger partial charge in [-0.25, -0.2) is 19.2 Å². The lowest BCUT2D eigenvalue weighted by Crippen LogP contribution is -2.11. The third-order valence-corrected chi connectivity index (χ3v) is 3.94. The summed E-state index contributed by atoms with van der Waals surface area (Å²) in [7, 11) is 0.